The molecule has 0 bridgehead atoms. The topological polar surface area (TPSA) is 64.0 Å². The molecular formula is C16H19N3O2S. The molecule has 2 heterocycles. The molecule has 3 rings (SSSR count). The molecule has 1 unspecified atom stereocenters. The third kappa shape index (κ3) is 2.75. The fourth-order valence-corrected chi connectivity index (χ4v) is 3.93. The monoisotopic (exact) mass is 317 g/mol. The van der Waals surface area contributed by atoms with E-state index in [1.807, 2.05) is 24.3 Å². The maximum atomic E-state index is 12.0. The predicted molar refractivity (Wildman–Crippen MR) is 86.8 cm³/mol. The van der Waals surface area contributed by atoms with E-state index in [0.717, 1.165) is 16.2 Å². The summed E-state index contributed by atoms with van der Waals surface area (Å²) in [6.45, 7) is 6.36. The number of rotatable bonds is 2. The highest BCUT2D eigenvalue weighted by molar-refractivity contribution is 8.00. The number of hydrogen-bond acceptors (Lipinski definition) is 4. The van der Waals surface area contributed by atoms with Crippen molar-refractivity contribution < 1.29 is 9.59 Å². The minimum absolute atomic E-state index is 0.139. The fraction of sp³-hybridized carbons (Fsp3) is 0.438. The van der Waals surface area contributed by atoms with Crippen molar-refractivity contribution in [3.8, 4) is 0 Å². The van der Waals surface area contributed by atoms with Crippen molar-refractivity contribution in [3.05, 3.63) is 24.3 Å². The third-order valence-electron chi connectivity index (χ3n) is 3.64. The van der Waals surface area contributed by atoms with Crippen molar-refractivity contribution in [1.29, 1.82) is 0 Å². The largest absolute Gasteiger partial charge is 0.314 e. The number of hydrogen-bond donors (Lipinski definition) is 1. The number of thioether (sulfide) groups is 1. The van der Waals surface area contributed by atoms with Crippen LogP contribution in [0.3, 0.4) is 0 Å². The van der Waals surface area contributed by atoms with Crippen molar-refractivity contribution >= 4 is 34.6 Å². The van der Waals surface area contributed by atoms with E-state index in [1.165, 1.54) is 11.8 Å². The van der Waals surface area contributed by atoms with Gasteiger partial charge in [0.1, 0.15) is 0 Å². The van der Waals surface area contributed by atoms with Crippen LogP contribution in [0.25, 0.3) is 11.0 Å². The summed E-state index contributed by atoms with van der Waals surface area (Å²) >= 11 is 1.44. The van der Waals surface area contributed by atoms with E-state index in [9.17, 15) is 9.59 Å². The first-order valence-corrected chi connectivity index (χ1v) is 8.22. The van der Waals surface area contributed by atoms with Crippen LogP contribution in [-0.2, 0) is 15.1 Å². The van der Waals surface area contributed by atoms with E-state index >= 15 is 0 Å². The molecule has 1 aliphatic heterocycles. The van der Waals surface area contributed by atoms with Crippen LogP contribution in [0.1, 0.15) is 33.6 Å². The lowest BCUT2D eigenvalue weighted by Gasteiger charge is -2.26. The summed E-state index contributed by atoms with van der Waals surface area (Å²) in [7, 11) is 0. The molecule has 0 radical (unpaired) electrons. The number of amides is 2. The number of imide groups is 1. The fourth-order valence-electron chi connectivity index (χ4n) is 2.64. The second-order valence-electron chi connectivity index (χ2n) is 6.45. The van der Waals surface area contributed by atoms with Crippen LogP contribution >= 0.6 is 11.8 Å². The van der Waals surface area contributed by atoms with Gasteiger partial charge < -0.3 is 4.57 Å². The van der Waals surface area contributed by atoms with Crippen LogP contribution in [0.2, 0.25) is 0 Å². The quantitative estimate of drug-likeness (QED) is 0.865. The molecule has 1 fully saturated rings. The lowest BCUT2D eigenvalue weighted by atomic mass is 10.1. The first-order valence-electron chi connectivity index (χ1n) is 7.34. The van der Waals surface area contributed by atoms with E-state index in [2.05, 4.69) is 35.6 Å². The molecule has 22 heavy (non-hydrogen) atoms. The number of imidazole rings is 1. The maximum absolute atomic E-state index is 12.0. The second-order valence-corrected chi connectivity index (χ2v) is 7.62. The van der Waals surface area contributed by atoms with Crippen molar-refractivity contribution in [1.82, 2.24) is 14.9 Å². The summed E-state index contributed by atoms with van der Waals surface area (Å²) < 4.78 is 2.16. The molecule has 6 heteroatoms. The number of aromatic nitrogens is 2. The van der Waals surface area contributed by atoms with E-state index in [0.29, 0.717) is 12.8 Å². The molecule has 1 aromatic heterocycles. The molecule has 0 spiro atoms. The zero-order chi connectivity index (χ0) is 15.9. The second kappa shape index (κ2) is 5.43. The highest BCUT2D eigenvalue weighted by Crippen LogP contribution is 2.34. The summed E-state index contributed by atoms with van der Waals surface area (Å²) in [6.07, 6.45) is 0.946. The summed E-state index contributed by atoms with van der Waals surface area (Å²) in [5.41, 5.74) is 1.84. The first-order chi connectivity index (χ1) is 10.4. The molecule has 0 aliphatic carbocycles. The lowest BCUT2D eigenvalue weighted by Crippen LogP contribution is -2.42. The van der Waals surface area contributed by atoms with Crippen LogP contribution in [0, 0.1) is 0 Å². The zero-order valence-electron chi connectivity index (χ0n) is 12.9. The highest BCUT2D eigenvalue weighted by atomic mass is 32.2. The molecule has 5 nitrogen and oxygen atoms in total. The zero-order valence-corrected chi connectivity index (χ0v) is 13.7. The smallest absolute Gasteiger partial charge is 0.240 e. The molecule has 1 atom stereocenters. The molecule has 1 aliphatic rings. The molecule has 1 aromatic carbocycles. The van der Waals surface area contributed by atoms with Gasteiger partial charge >= 0.3 is 0 Å². The third-order valence-corrected chi connectivity index (χ3v) is 4.86. The molecular weight excluding hydrogens is 298 g/mol. The number of piperidine rings is 1. The molecule has 1 saturated heterocycles. The number of nitrogens with one attached hydrogen (secondary N) is 1. The van der Waals surface area contributed by atoms with E-state index in [-0.39, 0.29) is 22.6 Å². The molecule has 1 N–H and O–H groups in total. The van der Waals surface area contributed by atoms with Crippen LogP contribution in [-0.4, -0.2) is 26.6 Å². The number of nitrogens with zero attached hydrogens (tertiary/aromatic N) is 2. The molecule has 2 aromatic rings. The highest BCUT2D eigenvalue weighted by Gasteiger charge is 2.31. The number of carbonyl (C=O) groups is 2. The van der Waals surface area contributed by atoms with Crippen molar-refractivity contribution in [2.24, 2.45) is 0 Å². The van der Waals surface area contributed by atoms with Crippen LogP contribution in [0.15, 0.2) is 29.4 Å². The van der Waals surface area contributed by atoms with E-state index in [1.54, 1.807) is 0 Å². The van der Waals surface area contributed by atoms with Gasteiger partial charge in [-0.15, -0.1) is 0 Å². The Morgan fingerprint density at radius 1 is 1.27 bits per heavy atom. The van der Waals surface area contributed by atoms with Crippen LogP contribution in [0.5, 0.6) is 0 Å². The Balaban J connectivity index is 2.00. The Kier molecular flexibility index (Phi) is 3.72. The molecule has 0 saturated carbocycles. The number of fused-ring (bicyclic) bond motifs is 1. The predicted octanol–water partition coefficient (Wildman–Crippen LogP) is 2.69. The lowest BCUT2D eigenvalue weighted by molar-refractivity contribution is -0.132. The molecule has 2 amide bonds. The molecule has 116 valence electrons. The van der Waals surface area contributed by atoms with Crippen LogP contribution in [0.4, 0.5) is 0 Å². The Morgan fingerprint density at radius 2 is 2.00 bits per heavy atom. The summed E-state index contributed by atoms with van der Waals surface area (Å²) in [5, 5.41) is 2.96. The van der Waals surface area contributed by atoms with E-state index in [4.69, 9.17) is 0 Å². The van der Waals surface area contributed by atoms with Gasteiger partial charge in [-0.3, -0.25) is 14.9 Å². The standard InChI is InChI=1S/C16H19N3O2S/c1-16(2,3)19-11-7-5-4-6-10(11)17-15(19)22-12-8-9-13(20)18-14(12)21/h4-7,12H,8-9H2,1-3H3,(H,18,20,21). The van der Waals surface area contributed by atoms with Crippen molar-refractivity contribution in [2.45, 2.75) is 49.6 Å². The minimum Gasteiger partial charge on any atom is -0.314 e. The van der Waals surface area contributed by atoms with Gasteiger partial charge in [-0.2, -0.15) is 0 Å². The van der Waals surface area contributed by atoms with Crippen LogP contribution < -0.4 is 5.32 Å². The average Bonchev–Trinajstić information content (AvgIpc) is 2.79. The number of para-hydroxylation sites is 2. The number of carbonyl (C=O) groups excluding carboxylic acids is 2. The minimum atomic E-state index is -0.268. The summed E-state index contributed by atoms with van der Waals surface area (Å²) in [4.78, 5) is 28.0. The number of benzene rings is 1. The maximum Gasteiger partial charge on any atom is 0.240 e. The Hall–Kier alpha value is -1.82. The van der Waals surface area contributed by atoms with Gasteiger partial charge in [0, 0.05) is 12.0 Å². The first kappa shape index (κ1) is 15.1. The van der Waals surface area contributed by atoms with E-state index < -0.39 is 0 Å². The summed E-state index contributed by atoms with van der Waals surface area (Å²) in [5.74, 6) is -0.403. The van der Waals surface area contributed by atoms with Gasteiger partial charge in [-0.05, 0) is 39.3 Å². The average molecular weight is 317 g/mol. The summed E-state index contributed by atoms with van der Waals surface area (Å²) in [6, 6.07) is 7.98. The Bertz CT molecular complexity index is 745. The Morgan fingerprint density at radius 3 is 2.68 bits per heavy atom. The van der Waals surface area contributed by atoms with Gasteiger partial charge in [0.05, 0.1) is 16.3 Å². The SMILES string of the molecule is CC(C)(C)n1c(SC2CCC(=O)NC2=O)nc2ccccc21. The van der Waals surface area contributed by atoms with Gasteiger partial charge in [0.2, 0.25) is 11.8 Å². The normalized spacial score (nSPS) is 19.5. The van der Waals surface area contributed by atoms with Crippen molar-refractivity contribution in [2.75, 3.05) is 0 Å². The van der Waals surface area contributed by atoms with Gasteiger partial charge in [0.25, 0.3) is 0 Å². The van der Waals surface area contributed by atoms with Gasteiger partial charge in [-0.1, -0.05) is 23.9 Å². The van der Waals surface area contributed by atoms with Gasteiger partial charge in [-0.25, -0.2) is 4.98 Å². The van der Waals surface area contributed by atoms with Crippen molar-refractivity contribution in [3.63, 3.8) is 0 Å². The Labute approximate surface area is 133 Å². The van der Waals surface area contributed by atoms with Gasteiger partial charge in [0.15, 0.2) is 5.16 Å².